The summed E-state index contributed by atoms with van der Waals surface area (Å²) < 4.78 is 16.9. The fraction of sp³-hybridized carbons (Fsp3) is 0.556. The summed E-state index contributed by atoms with van der Waals surface area (Å²) in [6.45, 7) is 1.49. The number of hydrogen-bond acceptors (Lipinski definition) is 6. The Hall–Kier alpha value is -1.89. The average molecular weight is 362 g/mol. The van der Waals surface area contributed by atoms with E-state index in [1.54, 1.807) is 11.2 Å². The molecule has 1 aromatic carbocycles. The Morgan fingerprint density at radius 2 is 2.04 bits per heavy atom. The molecular weight excluding hydrogens is 340 g/mol. The minimum absolute atomic E-state index is 0.0341. The first-order valence-corrected chi connectivity index (χ1v) is 9.89. The molecular formula is C18H22N2O4S. The molecule has 1 amide bonds. The molecule has 7 heteroatoms. The zero-order valence-electron chi connectivity index (χ0n) is 14.3. The molecule has 2 heterocycles. The molecule has 2 fully saturated rings. The lowest BCUT2D eigenvalue weighted by atomic mass is 9.74. The van der Waals surface area contributed by atoms with Gasteiger partial charge in [0.15, 0.2) is 11.5 Å². The van der Waals surface area contributed by atoms with Crippen molar-refractivity contribution in [3.8, 4) is 11.5 Å². The number of para-hydroxylation sites is 1. The second kappa shape index (κ2) is 6.78. The van der Waals surface area contributed by atoms with Gasteiger partial charge in [-0.3, -0.25) is 9.69 Å². The Balaban J connectivity index is 1.64. The maximum absolute atomic E-state index is 12.5. The lowest BCUT2D eigenvalue weighted by Crippen LogP contribution is -2.52. The normalized spacial score (nSPS) is 22.9. The van der Waals surface area contributed by atoms with Gasteiger partial charge in [0.2, 0.25) is 6.79 Å². The molecule has 0 atom stereocenters. The molecule has 0 bridgehead atoms. The van der Waals surface area contributed by atoms with Crippen LogP contribution in [0.15, 0.2) is 23.2 Å². The van der Waals surface area contributed by atoms with E-state index in [4.69, 9.17) is 14.2 Å². The van der Waals surface area contributed by atoms with Gasteiger partial charge in [0, 0.05) is 12.0 Å². The number of carbonyl (C=O) groups is 1. The summed E-state index contributed by atoms with van der Waals surface area (Å²) in [6, 6.07) is 5.91. The number of amidine groups is 1. The van der Waals surface area contributed by atoms with E-state index in [-0.39, 0.29) is 17.4 Å². The van der Waals surface area contributed by atoms with E-state index in [9.17, 15) is 4.79 Å². The van der Waals surface area contributed by atoms with Crippen molar-refractivity contribution in [2.75, 3.05) is 26.2 Å². The van der Waals surface area contributed by atoms with Crippen molar-refractivity contribution in [1.29, 1.82) is 0 Å². The highest BCUT2D eigenvalue weighted by atomic mass is 32.2. The molecule has 25 heavy (non-hydrogen) atoms. The number of carbonyl (C=O) groups excluding carboxylic acids is 1. The SMILES string of the molecule is CSC(=O)N1CC2(CCCCC2)COC1=Nc1cccc2c1OCO2. The first-order chi connectivity index (χ1) is 12.2. The zero-order valence-corrected chi connectivity index (χ0v) is 15.1. The van der Waals surface area contributed by atoms with Crippen molar-refractivity contribution in [3.63, 3.8) is 0 Å². The van der Waals surface area contributed by atoms with E-state index in [1.807, 2.05) is 18.2 Å². The topological polar surface area (TPSA) is 60.4 Å². The van der Waals surface area contributed by atoms with Crippen LogP contribution in [0.25, 0.3) is 0 Å². The number of aliphatic imine (C=N–C) groups is 1. The summed E-state index contributed by atoms with van der Waals surface area (Å²) >= 11 is 1.19. The van der Waals surface area contributed by atoms with Crippen LogP contribution >= 0.6 is 11.8 Å². The summed E-state index contributed by atoms with van der Waals surface area (Å²) in [5.41, 5.74) is 0.699. The van der Waals surface area contributed by atoms with E-state index in [1.165, 1.54) is 31.0 Å². The highest BCUT2D eigenvalue weighted by Crippen LogP contribution is 2.43. The Morgan fingerprint density at radius 1 is 1.20 bits per heavy atom. The number of hydrogen-bond donors (Lipinski definition) is 0. The van der Waals surface area contributed by atoms with Gasteiger partial charge in [-0.15, -0.1) is 0 Å². The van der Waals surface area contributed by atoms with Gasteiger partial charge < -0.3 is 14.2 Å². The summed E-state index contributed by atoms with van der Waals surface area (Å²) in [5, 5.41) is -0.0341. The van der Waals surface area contributed by atoms with Gasteiger partial charge in [-0.25, -0.2) is 0 Å². The molecule has 0 N–H and O–H groups in total. The van der Waals surface area contributed by atoms with E-state index >= 15 is 0 Å². The first-order valence-electron chi connectivity index (χ1n) is 8.66. The number of nitrogens with zero attached hydrogens (tertiary/aromatic N) is 2. The smallest absolute Gasteiger partial charge is 0.300 e. The summed E-state index contributed by atoms with van der Waals surface area (Å²) in [6.07, 6.45) is 7.68. The number of benzene rings is 1. The maximum atomic E-state index is 12.5. The molecule has 4 rings (SSSR count). The third-order valence-corrected chi connectivity index (χ3v) is 5.70. The Kier molecular flexibility index (Phi) is 4.50. The third kappa shape index (κ3) is 3.17. The van der Waals surface area contributed by atoms with Crippen LogP contribution in [0.4, 0.5) is 10.5 Å². The Labute approximate surface area is 151 Å². The predicted molar refractivity (Wildman–Crippen MR) is 96.7 cm³/mol. The third-order valence-electron chi connectivity index (χ3n) is 5.13. The second-order valence-corrected chi connectivity index (χ2v) is 7.57. The van der Waals surface area contributed by atoms with Gasteiger partial charge in [-0.05, 0) is 31.2 Å². The van der Waals surface area contributed by atoms with E-state index in [0.717, 1.165) is 12.8 Å². The van der Waals surface area contributed by atoms with Crippen molar-refractivity contribution >= 4 is 28.7 Å². The summed E-state index contributed by atoms with van der Waals surface area (Å²) in [7, 11) is 0. The first kappa shape index (κ1) is 16.6. The number of rotatable bonds is 1. The molecule has 0 aromatic heterocycles. The maximum Gasteiger partial charge on any atom is 0.300 e. The lowest BCUT2D eigenvalue weighted by Gasteiger charge is -2.44. The highest BCUT2D eigenvalue weighted by Gasteiger charge is 2.42. The van der Waals surface area contributed by atoms with Crippen LogP contribution in [0, 0.1) is 5.41 Å². The predicted octanol–water partition coefficient (Wildman–Crippen LogP) is 4.17. The molecule has 0 radical (unpaired) electrons. The van der Waals surface area contributed by atoms with Gasteiger partial charge in [0.1, 0.15) is 5.69 Å². The molecule has 1 aromatic rings. The number of amides is 1. The van der Waals surface area contributed by atoms with E-state index in [2.05, 4.69) is 4.99 Å². The van der Waals surface area contributed by atoms with Crippen molar-refractivity contribution in [2.24, 2.45) is 10.4 Å². The van der Waals surface area contributed by atoms with E-state index in [0.29, 0.717) is 36.4 Å². The van der Waals surface area contributed by atoms with Crippen molar-refractivity contribution < 1.29 is 19.0 Å². The monoisotopic (exact) mass is 362 g/mol. The van der Waals surface area contributed by atoms with Gasteiger partial charge in [-0.1, -0.05) is 37.1 Å². The average Bonchev–Trinajstić information content (AvgIpc) is 3.13. The van der Waals surface area contributed by atoms with Crippen molar-refractivity contribution in [1.82, 2.24) is 4.90 Å². The number of fused-ring (bicyclic) bond motifs is 1. The Morgan fingerprint density at radius 3 is 2.84 bits per heavy atom. The summed E-state index contributed by atoms with van der Waals surface area (Å²) in [4.78, 5) is 18.8. The molecule has 1 saturated heterocycles. The Bertz CT molecular complexity index is 700. The van der Waals surface area contributed by atoms with Crippen molar-refractivity contribution in [2.45, 2.75) is 32.1 Å². The quantitative estimate of drug-likeness (QED) is 0.750. The molecule has 134 valence electrons. The van der Waals surface area contributed by atoms with Gasteiger partial charge in [0.05, 0.1) is 6.61 Å². The van der Waals surface area contributed by atoms with Gasteiger partial charge in [-0.2, -0.15) is 4.99 Å². The molecule has 1 saturated carbocycles. The second-order valence-electron chi connectivity index (χ2n) is 6.81. The minimum atomic E-state index is -0.0341. The van der Waals surface area contributed by atoms with Crippen LogP contribution in [-0.2, 0) is 4.74 Å². The van der Waals surface area contributed by atoms with Crippen molar-refractivity contribution in [3.05, 3.63) is 18.2 Å². The molecule has 1 spiro atoms. The van der Waals surface area contributed by atoms with Crippen LogP contribution in [0.2, 0.25) is 0 Å². The van der Waals surface area contributed by atoms with Crippen LogP contribution in [0.5, 0.6) is 11.5 Å². The van der Waals surface area contributed by atoms with Crippen LogP contribution < -0.4 is 9.47 Å². The fourth-order valence-corrected chi connectivity index (χ4v) is 4.16. The number of ether oxygens (including phenoxy) is 3. The molecule has 1 aliphatic carbocycles. The van der Waals surface area contributed by atoms with Crippen LogP contribution in [-0.4, -0.2) is 42.4 Å². The standard InChI is InChI=1S/C18H22N2O4S/c1-25-17(21)20-10-18(8-3-2-4-9-18)11-22-16(20)19-13-6-5-7-14-15(13)24-12-23-14/h5-7H,2-4,8-12H2,1H3. The summed E-state index contributed by atoms with van der Waals surface area (Å²) in [5.74, 6) is 1.28. The molecule has 3 aliphatic rings. The molecule has 2 aliphatic heterocycles. The lowest BCUT2D eigenvalue weighted by molar-refractivity contribution is 0.0282. The minimum Gasteiger partial charge on any atom is -0.464 e. The highest BCUT2D eigenvalue weighted by molar-refractivity contribution is 8.12. The number of thioether (sulfide) groups is 1. The van der Waals surface area contributed by atoms with Gasteiger partial charge >= 0.3 is 0 Å². The van der Waals surface area contributed by atoms with Crippen LogP contribution in [0.3, 0.4) is 0 Å². The molecule has 6 nitrogen and oxygen atoms in total. The largest absolute Gasteiger partial charge is 0.464 e. The van der Waals surface area contributed by atoms with E-state index < -0.39 is 0 Å². The van der Waals surface area contributed by atoms with Crippen LogP contribution in [0.1, 0.15) is 32.1 Å². The van der Waals surface area contributed by atoms with Gasteiger partial charge in [0.25, 0.3) is 11.3 Å². The fourth-order valence-electron chi connectivity index (χ4n) is 3.80. The zero-order chi connectivity index (χ0) is 17.3. The molecule has 0 unspecified atom stereocenters.